The van der Waals surface area contributed by atoms with Crippen LogP contribution in [0.1, 0.15) is 28.8 Å². The van der Waals surface area contributed by atoms with Crippen molar-refractivity contribution in [3.05, 3.63) is 58.6 Å². The summed E-state index contributed by atoms with van der Waals surface area (Å²) in [5.74, 6) is -1.30. The average Bonchev–Trinajstić information content (AvgIpc) is 3.25. The first-order valence-electron chi connectivity index (χ1n) is 9.11. The maximum atomic E-state index is 12.6. The van der Waals surface area contributed by atoms with Gasteiger partial charge in [0.1, 0.15) is 0 Å². The van der Waals surface area contributed by atoms with Crippen molar-refractivity contribution in [2.75, 3.05) is 25.0 Å². The van der Waals surface area contributed by atoms with Gasteiger partial charge in [-0.25, -0.2) is 13.2 Å². The van der Waals surface area contributed by atoms with Crippen LogP contribution in [0.4, 0.5) is 5.69 Å². The molecular weight excluding hydrogens is 416 g/mol. The van der Waals surface area contributed by atoms with Gasteiger partial charge in [0.15, 0.2) is 6.61 Å². The zero-order valence-corrected chi connectivity index (χ0v) is 17.4. The van der Waals surface area contributed by atoms with Crippen LogP contribution in [0.3, 0.4) is 0 Å². The van der Waals surface area contributed by atoms with E-state index in [1.807, 2.05) is 6.92 Å². The Morgan fingerprint density at radius 1 is 1.14 bits per heavy atom. The molecule has 0 spiro atoms. The van der Waals surface area contributed by atoms with Gasteiger partial charge in [-0.15, -0.1) is 0 Å². The molecule has 3 rings (SSSR count). The Bertz CT molecular complexity index is 1030. The van der Waals surface area contributed by atoms with Crippen molar-refractivity contribution in [2.24, 2.45) is 0 Å². The molecule has 7 nitrogen and oxygen atoms in total. The van der Waals surface area contributed by atoms with Crippen molar-refractivity contribution in [3.8, 4) is 0 Å². The fourth-order valence-corrected chi connectivity index (χ4v) is 4.73. The van der Waals surface area contributed by atoms with E-state index in [1.165, 1.54) is 28.6 Å². The quantitative estimate of drug-likeness (QED) is 0.702. The molecule has 2 aromatic rings. The number of anilines is 1. The Hall–Kier alpha value is -2.42. The Balaban J connectivity index is 1.63. The van der Waals surface area contributed by atoms with E-state index in [0.29, 0.717) is 23.8 Å². The number of halogens is 1. The highest BCUT2D eigenvalue weighted by Gasteiger charge is 2.27. The van der Waals surface area contributed by atoms with Crippen molar-refractivity contribution in [1.29, 1.82) is 0 Å². The van der Waals surface area contributed by atoms with Crippen LogP contribution in [0.25, 0.3) is 0 Å². The SMILES string of the molecule is Cc1ccc(Cl)cc1NC(=O)COC(=O)c1cccc(S(=O)(=O)N2CCCC2)c1. The van der Waals surface area contributed by atoms with E-state index in [1.54, 1.807) is 18.2 Å². The number of amides is 1. The minimum absolute atomic E-state index is 0.0350. The third-order valence-electron chi connectivity index (χ3n) is 4.58. The van der Waals surface area contributed by atoms with Crippen LogP contribution in [0.5, 0.6) is 0 Å². The number of ether oxygens (including phenoxy) is 1. The van der Waals surface area contributed by atoms with Crippen LogP contribution in [0.15, 0.2) is 47.4 Å². The summed E-state index contributed by atoms with van der Waals surface area (Å²) >= 11 is 5.92. The molecule has 2 aromatic carbocycles. The molecule has 1 aliphatic rings. The van der Waals surface area contributed by atoms with Gasteiger partial charge in [-0.05, 0) is 55.7 Å². The molecule has 0 unspecified atom stereocenters. The predicted molar refractivity (Wildman–Crippen MR) is 110 cm³/mol. The van der Waals surface area contributed by atoms with E-state index >= 15 is 0 Å². The molecule has 9 heteroatoms. The van der Waals surface area contributed by atoms with E-state index in [0.717, 1.165) is 18.4 Å². The Morgan fingerprint density at radius 2 is 1.86 bits per heavy atom. The van der Waals surface area contributed by atoms with Crippen molar-refractivity contribution >= 4 is 39.2 Å². The second-order valence-corrected chi connectivity index (χ2v) is 9.10. The molecule has 1 fully saturated rings. The fourth-order valence-electron chi connectivity index (χ4n) is 2.99. The largest absolute Gasteiger partial charge is 0.452 e. The number of aryl methyl sites for hydroxylation is 1. The number of hydrogen-bond donors (Lipinski definition) is 1. The number of carbonyl (C=O) groups is 2. The third-order valence-corrected chi connectivity index (χ3v) is 6.71. The molecular formula is C20H21ClN2O5S. The minimum atomic E-state index is -3.64. The van der Waals surface area contributed by atoms with Crippen molar-refractivity contribution in [1.82, 2.24) is 4.31 Å². The normalized spacial score (nSPS) is 14.6. The number of nitrogens with zero attached hydrogens (tertiary/aromatic N) is 1. The first kappa shape index (κ1) is 21.3. The molecule has 1 N–H and O–H groups in total. The molecule has 0 atom stereocenters. The smallest absolute Gasteiger partial charge is 0.338 e. The van der Waals surface area contributed by atoms with Gasteiger partial charge in [0.05, 0.1) is 10.5 Å². The molecule has 154 valence electrons. The molecule has 1 aliphatic heterocycles. The number of carbonyl (C=O) groups excluding carboxylic acids is 2. The average molecular weight is 437 g/mol. The van der Waals surface area contributed by atoms with Gasteiger partial charge < -0.3 is 10.1 Å². The van der Waals surface area contributed by atoms with E-state index in [4.69, 9.17) is 16.3 Å². The highest BCUT2D eigenvalue weighted by atomic mass is 35.5. The molecule has 0 saturated carbocycles. The first-order chi connectivity index (χ1) is 13.8. The predicted octanol–water partition coefficient (Wildman–Crippen LogP) is 3.23. The number of esters is 1. The topological polar surface area (TPSA) is 92.8 Å². The molecule has 0 bridgehead atoms. The van der Waals surface area contributed by atoms with Gasteiger partial charge in [-0.1, -0.05) is 23.7 Å². The van der Waals surface area contributed by atoms with Gasteiger partial charge in [0, 0.05) is 23.8 Å². The third kappa shape index (κ3) is 5.14. The summed E-state index contributed by atoms with van der Waals surface area (Å²) in [6.45, 7) is 2.25. The molecule has 29 heavy (non-hydrogen) atoms. The first-order valence-corrected chi connectivity index (χ1v) is 10.9. The van der Waals surface area contributed by atoms with Gasteiger partial charge in [0.2, 0.25) is 10.0 Å². The monoisotopic (exact) mass is 436 g/mol. The number of nitrogens with one attached hydrogen (secondary N) is 1. The standard InChI is InChI=1S/C20H21ClN2O5S/c1-14-7-8-16(21)12-18(14)22-19(24)13-28-20(25)15-5-4-6-17(11-15)29(26,27)23-9-2-3-10-23/h4-8,11-12H,2-3,9-10,13H2,1H3,(H,22,24). The van der Waals surface area contributed by atoms with Crippen molar-refractivity contribution in [2.45, 2.75) is 24.7 Å². The summed E-state index contributed by atoms with van der Waals surface area (Å²) in [6.07, 6.45) is 1.64. The van der Waals surface area contributed by atoms with Crippen LogP contribution in [-0.2, 0) is 19.6 Å². The number of benzene rings is 2. The Labute approximate surface area is 174 Å². The number of rotatable bonds is 6. The van der Waals surface area contributed by atoms with Gasteiger partial charge in [-0.3, -0.25) is 4.79 Å². The van der Waals surface area contributed by atoms with Gasteiger partial charge in [-0.2, -0.15) is 4.31 Å². The van der Waals surface area contributed by atoms with E-state index in [9.17, 15) is 18.0 Å². The number of sulfonamides is 1. The minimum Gasteiger partial charge on any atom is -0.452 e. The Kier molecular flexibility index (Phi) is 6.56. The highest BCUT2D eigenvalue weighted by Crippen LogP contribution is 2.22. The van der Waals surface area contributed by atoms with Crippen molar-refractivity contribution in [3.63, 3.8) is 0 Å². The zero-order chi connectivity index (χ0) is 21.0. The molecule has 1 heterocycles. The second-order valence-electron chi connectivity index (χ2n) is 6.72. The molecule has 1 amide bonds. The summed E-state index contributed by atoms with van der Waals surface area (Å²) in [5, 5.41) is 3.10. The van der Waals surface area contributed by atoms with Crippen LogP contribution in [-0.4, -0.2) is 44.3 Å². The Morgan fingerprint density at radius 3 is 2.59 bits per heavy atom. The number of hydrogen-bond acceptors (Lipinski definition) is 5. The maximum Gasteiger partial charge on any atom is 0.338 e. The summed E-state index contributed by atoms with van der Waals surface area (Å²) in [4.78, 5) is 24.4. The van der Waals surface area contributed by atoms with Crippen molar-refractivity contribution < 1.29 is 22.7 Å². The molecule has 0 radical (unpaired) electrons. The van der Waals surface area contributed by atoms with Gasteiger partial charge >= 0.3 is 5.97 Å². The van der Waals surface area contributed by atoms with Crippen LogP contribution >= 0.6 is 11.6 Å². The summed E-state index contributed by atoms with van der Waals surface area (Å²) in [7, 11) is -3.64. The summed E-state index contributed by atoms with van der Waals surface area (Å²) in [5.41, 5.74) is 1.41. The summed E-state index contributed by atoms with van der Waals surface area (Å²) < 4.78 is 31.7. The molecule has 0 aliphatic carbocycles. The van der Waals surface area contributed by atoms with Crippen LogP contribution < -0.4 is 5.32 Å². The van der Waals surface area contributed by atoms with E-state index < -0.39 is 28.5 Å². The van der Waals surface area contributed by atoms with E-state index in [-0.39, 0.29) is 10.5 Å². The lowest BCUT2D eigenvalue weighted by molar-refractivity contribution is -0.119. The second kappa shape index (κ2) is 8.94. The lowest BCUT2D eigenvalue weighted by Crippen LogP contribution is -2.28. The summed E-state index contributed by atoms with van der Waals surface area (Å²) in [6, 6.07) is 10.7. The van der Waals surface area contributed by atoms with Gasteiger partial charge in [0.25, 0.3) is 5.91 Å². The maximum absolute atomic E-state index is 12.6. The van der Waals surface area contributed by atoms with Crippen LogP contribution in [0.2, 0.25) is 5.02 Å². The van der Waals surface area contributed by atoms with E-state index in [2.05, 4.69) is 5.32 Å². The highest BCUT2D eigenvalue weighted by molar-refractivity contribution is 7.89. The lowest BCUT2D eigenvalue weighted by atomic mass is 10.2. The zero-order valence-electron chi connectivity index (χ0n) is 15.9. The molecule has 0 aromatic heterocycles. The lowest BCUT2D eigenvalue weighted by Gasteiger charge is -2.15. The van der Waals surface area contributed by atoms with Crippen LogP contribution in [0, 0.1) is 6.92 Å². The molecule has 1 saturated heterocycles. The fraction of sp³-hybridized carbons (Fsp3) is 0.300.